The molecule has 0 bridgehead atoms. The maximum atomic E-state index is 13.5. The summed E-state index contributed by atoms with van der Waals surface area (Å²) in [6.45, 7) is 15.3. The number of amides is 1. The Kier molecular flexibility index (Phi) is 7.67. The minimum absolute atomic E-state index is 0.162. The monoisotopic (exact) mass is 553 g/mol. The quantitative estimate of drug-likeness (QED) is 0.242. The van der Waals surface area contributed by atoms with E-state index >= 15 is 0 Å². The van der Waals surface area contributed by atoms with Crippen molar-refractivity contribution in [3.05, 3.63) is 59.0 Å². The van der Waals surface area contributed by atoms with Crippen LogP contribution >= 0.6 is 11.6 Å². The van der Waals surface area contributed by atoms with Crippen LogP contribution in [0.15, 0.2) is 42.7 Å². The van der Waals surface area contributed by atoms with Gasteiger partial charge in [0.15, 0.2) is 5.65 Å². The number of nitrogens with zero attached hydrogens (tertiary/aromatic N) is 5. The summed E-state index contributed by atoms with van der Waals surface area (Å²) in [7, 11) is 0. The Bertz CT molecular complexity index is 1520. The van der Waals surface area contributed by atoms with Crippen LogP contribution in [0.4, 0.5) is 15.4 Å². The minimum Gasteiger partial charge on any atom is -0.443 e. The third-order valence-electron chi connectivity index (χ3n) is 5.95. The largest absolute Gasteiger partial charge is 0.443 e. The zero-order valence-corrected chi connectivity index (χ0v) is 24.5. The van der Waals surface area contributed by atoms with Crippen molar-refractivity contribution in [3.8, 4) is 0 Å². The molecule has 10 heteroatoms. The van der Waals surface area contributed by atoms with Crippen LogP contribution in [-0.2, 0) is 15.9 Å². The molecule has 3 aromatic heterocycles. The number of anilines is 1. The number of carbonyl (C=O) groups is 2. The fourth-order valence-corrected chi connectivity index (χ4v) is 4.47. The number of halogens is 1. The highest BCUT2D eigenvalue weighted by Crippen LogP contribution is 2.29. The molecule has 208 valence electrons. The molecule has 3 heterocycles. The van der Waals surface area contributed by atoms with Gasteiger partial charge in [0.1, 0.15) is 22.2 Å². The second kappa shape index (κ2) is 10.5. The van der Waals surface area contributed by atoms with E-state index in [1.807, 2.05) is 79.7 Å². The first-order valence-corrected chi connectivity index (χ1v) is 13.4. The van der Waals surface area contributed by atoms with Crippen LogP contribution in [0, 0.1) is 0 Å². The summed E-state index contributed by atoms with van der Waals surface area (Å²) in [4.78, 5) is 32.5. The normalized spacial score (nSPS) is 12.4. The number of para-hydroxylation sites is 1. The van der Waals surface area contributed by atoms with Crippen LogP contribution in [0.2, 0.25) is 5.15 Å². The average Bonchev–Trinajstić information content (AvgIpc) is 3.39. The number of fused-ring (bicyclic) bond motifs is 2. The van der Waals surface area contributed by atoms with Gasteiger partial charge in [-0.15, -0.1) is 0 Å². The summed E-state index contributed by atoms with van der Waals surface area (Å²) >= 11 is 6.44. The summed E-state index contributed by atoms with van der Waals surface area (Å²) in [6.07, 6.45) is 2.94. The Hall–Kier alpha value is -3.59. The molecule has 0 N–H and O–H groups in total. The van der Waals surface area contributed by atoms with Crippen molar-refractivity contribution in [2.45, 2.75) is 78.9 Å². The first-order valence-electron chi connectivity index (χ1n) is 13.0. The molecular weight excluding hydrogens is 518 g/mol. The molecule has 0 aliphatic carbocycles. The Balaban J connectivity index is 1.76. The van der Waals surface area contributed by atoms with Crippen LogP contribution in [-0.4, -0.2) is 49.1 Å². The molecule has 0 saturated carbocycles. The number of carbonyl (C=O) groups excluding carboxylic acids is 2. The van der Waals surface area contributed by atoms with Crippen molar-refractivity contribution in [1.29, 1.82) is 0 Å². The van der Waals surface area contributed by atoms with Gasteiger partial charge in [-0.25, -0.2) is 14.6 Å². The fourth-order valence-electron chi connectivity index (χ4n) is 4.30. The Morgan fingerprint density at radius 1 is 1.05 bits per heavy atom. The van der Waals surface area contributed by atoms with Crippen molar-refractivity contribution >= 4 is 46.2 Å². The van der Waals surface area contributed by atoms with E-state index < -0.39 is 23.4 Å². The molecule has 0 saturated heterocycles. The van der Waals surface area contributed by atoms with Gasteiger partial charge >= 0.3 is 12.2 Å². The standard InChI is InChI=1S/C29H36ClN5O4/c1-18(2)21-16-31-35-24(15-23(30)32-25(21)35)33(26(36)38-28(3,4)5)14-13-19-17-34(27(37)39-29(6,7)8)22-12-10-9-11-20(19)22/h9-12,15-18H,13-14H2,1-8H3. The number of hydrogen-bond acceptors (Lipinski definition) is 6. The predicted octanol–water partition coefficient (Wildman–Crippen LogP) is 7.23. The summed E-state index contributed by atoms with van der Waals surface area (Å²) in [6, 6.07) is 9.23. The summed E-state index contributed by atoms with van der Waals surface area (Å²) in [5.74, 6) is 0.609. The van der Waals surface area contributed by atoms with Crippen LogP contribution in [0.1, 0.15) is 72.4 Å². The van der Waals surface area contributed by atoms with Crippen molar-refractivity contribution in [2.75, 3.05) is 11.4 Å². The van der Waals surface area contributed by atoms with Gasteiger partial charge in [0.25, 0.3) is 0 Å². The third-order valence-corrected chi connectivity index (χ3v) is 6.14. The predicted molar refractivity (Wildman–Crippen MR) is 153 cm³/mol. The van der Waals surface area contributed by atoms with Gasteiger partial charge in [-0.3, -0.25) is 9.47 Å². The highest BCUT2D eigenvalue weighted by atomic mass is 35.5. The van der Waals surface area contributed by atoms with Crippen molar-refractivity contribution in [2.24, 2.45) is 0 Å². The molecule has 0 unspecified atom stereocenters. The molecule has 0 aliphatic rings. The fraction of sp³-hybridized carbons (Fsp3) is 0.448. The summed E-state index contributed by atoms with van der Waals surface area (Å²) in [5.41, 5.74) is 1.76. The number of ether oxygens (including phenoxy) is 2. The van der Waals surface area contributed by atoms with Gasteiger partial charge in [-0.1, -0.05) is 43.6 Å². The zero-order chi connectivity index (χ0) is 28.7. The lowest BCUT2D eigenvalue weighted by Gasteiger charge is -2.27. The van der Waals surface area contributed by atoms with E-state index in [0.717, 1.165) is 22.0 Å². The molecule has 0 spiro atoms. The third kappa shape index (κ3) is 6.36. The molecule has 4 aromatic rings. The van der Waals surface area contributed by atoms with Crippen LogP contribution in [0.3, 0.4) is 0 Å². The van der Waals surface area contributed by atoms with E-state index in [4.69, 9.17) is 21.1 Å². The molecule has 9 nitrogen and oxygen atoms in total. The van der Waals surface area contributed by atoms with E-state index in [1.165, 1.54) is 9.47 Å². The molecule has 39 heavy (non-hydrogen) atoms. The zero-order valence-electron chi connectivity index (χ0n) is 23.8. The molecule has 1 aromatic carbocycles. The number of hydrogen-bond donors (Lipinski definition) is 0. The van der Waals surface area contributed by atoms with Crippen LogP contribution < -0.4 is 4.90 Å². The topological polar surface area (TPSA) is 91.0 Å². The highest BCUT2D eigenvalue weighted by molar-refractivity contribution is 6.29. The molecule has 1 amide bonds. The molecule has 4 rings (SSSR count). The maximum Gasteiger partial charge on any atom is 0.419 e. The first kappa shape index (κ1) is 28.4. The molecule has 0 aliphatic heterocycles. The lowest BCUT2D eigenvalue weighted by Crippen LogP contribution is -2.39. The lowest BCUT2D eigenvalue weighted by molar-refractivity contribution is 0.0540. The molecule has 0 atom stereocenters. The maximum absolute atomic E-state index is 13.5. The Morgan fingerprint density at radius 2 is 1.72 bits per heavy atom. The van der Waals surface area contributed by atoms with Crippen LogP contribution in [0.5, 0.6) is 0 Å². The van der Waals surface area contributed by atoms with Gasteiger partial charge < -0.3 is 9.47 Å². The van der Waals surface area contributed by atoms with E-state index in [2.05, 4.69) is 10.1 Å². The van der Waals surface area contributed by atoms with E-state index in [0.29, 0.717) is 17.9 Å². The van der Waals surface area contributed by atoms with Crippen LogP contribution in [0.25, 0.3) is 16.6 Å². The number of benzene rings is 1. The highest BCUT2D eigenvalue weighted by Gasteiger charge is 2.28. The molecule has 0 fully saturated rings. The van der Waals surface area contributed by atoms with Crippen molar-refractivity contribution in [3.63, 3.8) is 0 Å². The van der Waals surface area contributed by atoms with Gasteiger partial charge in [0.05, 0.1) is 11.7 Å². The van der Waals surface area contributed by atoms with Gasteiger partial charge in [-0.05, 0) is 65.5 Å². The Labute approximate surface area is 233 Å². The average molecular weight is 554 g/mol. The lowest BCUT2D eigenvalue weighted by atomic mass is 10.1. The van der Waals surface area contributed by atoms with E-state index in [-0.39, 0.29) is 17.6 Å². The first-order chi connectivity index (χ1) is 18.1. The van der Waals surface area contributed by atoms with Gasteiger partial charge in [0.2, 0.25) is 0 Å². The van der Waals surface area contributed by atoms with Crippen molar-refractivity contribution < 1.29 is 19.1 Å². The van der Waals surface area contributed by atoms with Crippen molar-refractivity contribution in [1.82, 2.24) is 19.2 Å². The second-order valence-electron chi connectivity index (χ2n) is 11.8. The smallest absolute Gasteiger partial charge is 0.419 e. The van der Waals surface area contributed by atoms with Gasteiger partial charge in [-0.2, -0.15) is 9.61 Å². The summed E-state index contributed by atoms with van der Waals surface area (Å²) < 4.78 is 14.5. The molecular formula is C29H36ClN5O4. The Morgan fingerprint density at radius 3 is 2.36 bits per heavy atom. The number of rotatable bonds is 5. The van der Waals surface area contributed by atoms with E-state index in [9.17, 15) is 9.59 Å². The second-order valence-corrected chi connectivity index (χ2v) is 12.2. The molecule has 0 radical (unpaired) electrons. The van der Waals surface area contributed by atoms with Gasteiger partial charge in [0, 0.05) is 29.8 Å². The summed E-state index contributed by atoms with van der Waals surface area (Å²) in [5, 5.41) is 5.67. The van der Waals surface area contributed by atoms with E-state index in [1.54, 1.807) is 23.0 Å². The SMILES string of the molecule is CC(C)c1cnn2c(N(CCc3cn(C(=O)OC(C)(C)C)c4ccccc34)C(=O)OC(C)(C)C)cc(Cl)nc12. The number of aromatic nitrogens is 4. The minimum atomic E-state index is -0.717.